The van der Waals surface area contributed by atoms with Gasteiger partial charge in [-0.25, -0.2) is 9.59 Å². The molecule has 0 saturated heterocycles. The molecule has 0 aromatic heterocycles. The van der Waals surface area contributed by atoms with Crippen LogP contribution in [0.15, 0.2) is 48.5 Å². The Hall–Kier alpha value is -3.13. The summed E-state index contributed by atoms with van der Waals surface area (Å²) in [6.45, 7) is 2.41. The molecule has 24 heavy (non-hydrogen) atoms. The number of unbranched alkanes of at least 4 members (excludes halogenated alkanes) is 1. The zero-order valence-electron chi connectivity index (χ0n) is 13.3. The van der Waals surface area contributed by atoms with Crippen molar-refractivity contribution in [3.63, 3.8) is 0 Å². The molecule has 0 spiro atoms. The lowest BCUT2D eigenvalue weighted by Crippen LogP contribution is -2.09. The number of nitrogens with zero attached hydrogens (tertiary/aromatic N) is 1. The lowest BCUT2D eigenvalue weighted by atomic mass is 10.1. The minimum atomic E-state index is -0.530. The minimum absolute atomic E-state index is 0.328. The molecule has 122 valence electrons. The van der Waals surface area contributed by atoms with Gasteiger partial charge < -0.3 is 9.47 Å². The molecule has 0 aliphatic heterocycles. The van der Waals surface area contributed by atoms with Crippen LogP contribution in [0.1, 0.15) is 46.0 Å². The summed E-state index contributed by atoms with van der Waals surface area (Å²) in [6, 6.07) is 14.3. The molecular weight excluding hydrogens is 306 g/mol. The van der Waals surface area contributed by atoms with Gasteiger partial charge in [-0.2, -0.15) is 5.26 Å². The molecule has 2 rings (SSSR count). The van der Waals surface area contributed by atoms with Gasteiger partial charge in [0.05, 0.1) is 29.4 Å². The first-order valence-corrected chi connectivity index (χ1v) is 7.63. The van der Waals surface area contributed by atoms with Crippen LogP contribution < -0.4 is 4.74 Å². The van der Waals surface area contributed by atoms with Crippen LogP contribution in [0.4, 0.5) is 0 Å². The van der Waals surface area contributed by atoms with Gasteiger partial charge in [-0.3, -0.25) is 0 Å². The number of ether oxygens (including phenoxy) is 2. The van der Waals surface area contributed by atoms with Crippen molar-refractivity contribution in [1.29, 1.82) is 5.26 Å². The summed E-state index contributed by atoms with van der Waals surface area (Å²) in [7, 11) is 0. The van der Waals surface area contributed by atoms with E-state index in [1.165, 1.54) is 24.3 Å². The third kappa shape index (κ3) is 4.68. The highest BCUT2D eigenvalue weighted by Crippen LogP contribution is 2.15. The van der Waals surface area contributed by atoms with Gasteiger partial charge in [0.1, 0.15) is 5.75 Å². The van der Waals surface area contributed by atoms with E-state index in [1.54, 1.807) is 24.3 Å². The molecule has 5 heteroatoms. The molecule has 0 amide bonds. The molecular formula is C19H17NO4. The summed E-state index contributed by atoms with van der Waals surface area (Å²) in [5, 5.41) is 8.74. The minimum Gasteiger partial charge on any atom is -0.462 e. The van der Waals surface area contributed by atoms with Crippen LogP contribution in [0, 0.1) is 11.3 Å². The molecule has 0 saturated carbocycles. The van der Waals surface area contributed by atoms with E-state index >= 15 is 0 Å². The molecule has 5 nitrogen and oxygen atoms in total. The van der Waals surface area contributed by atoms with Gasteiger partial charge in [0.15, 0.2) is 0 Å². The first-order valence-electron chi connectivity index (χ1n) is 7.63. The smallest absolute Gasteiger partial charge is 0.343 e. The molecule has 0 unspecified atom stereocenters. The fraction of sp³-hybridized carbons (Fsp3) is 0.211. The number of carbonyl (C=O) groups is 2. The Labute approximate surface area is 140 Å². The zero-order chi connectivity index (χ0) is 17.4. The van der Waals surface area contributed by atoms with Crippen molar-refractivity contribution in [2.45, 2.75) is 19.8 Å². The Morgan fingerprint density at radius 2 is 1.54 bits per heavy atom. The van der Waals surface area contributed by atoms with E-state index in [2.05, 4.69) is 0 Å². The average Bonchev–Trinajstić information content (AvgIpc) is 2.62. The van der Waals surface area contributed by atoms with Gasteiger partial charge >= 0.3 is 11.9 Å². The Morgan fingerprint density at radius 1 is 0.958 bits per heavy atom. The van der Waals surface area contributed by atoms with Crippen molar-refractivity contribution in [2.24, 2.45) is 0 Å². The van der Waals surface area contributed by atoms with Gasteiger partial charge in [-0.1, -0.05) is 13.3 Å². The fourth-order valence-corrected chi connectivity index (χ4v) is 1.90. The molecule has 0 fully saturated rings. The normalized spacial score (nSPS) is 9.83. The second-order valence-electron chi connectivity index (χ2n) is 5.09. The molecule has 2 aromatic rings. The summed E-state index contributed by atoms with van der Waals surface area (Å²) < 4.78 is 10.3. The van der Waals surface area contributed by atoms with Crippen LogP contribution in [-0.2, 0) is 4.74 Å². The van der Waals surface area contributed by atoms with Crippen LogP contribution in [-0.4, -0.2) is 18.5 Å². The van der Waals surface area contributed by atoms with Crippen molar-refractivity contribution >= 4 is 11.9 Å². The Morgan fingerprint density at radius 3 is 2.12 bits per heavy atom. The van der Waals surface area contributed by atoms with Crippen molar-refractivity contribution in [2.75, 3.05) is 6.61 Å². The Kier molecular flexibility index (Phi) is 6.09. The summed E-state index contributed by atoms with van der Waals surface area (Å²) in [6.07, 6.45) is 1.78. The third-order valence-corrected chi connectivity index (χ3v) is 3.28. The van der Waals surface area contributed by atoms with E-state index in [-0.39, 0.29) is 0 Å². The predicted molar refractivity (Wildman–Crippen MR) is 87.7 cm³/mol. The largest absolute Gasteiger partial charge is 0.462 e. The van der Waals surface area contributed by atoms with Crippen LogP contribution in [0.5, 0.6) is 5.75 Å². The van der Waals surface area contributed by atoms with Crippen LogP contribution >= 0.6 is 0 Å². The second-order valence-corrected chi connectivity index (χ2v) is 5.09. The lowest BCUT2D eigenvalue weighted by Gasteiger charge is -2.06. The number of hydrogen-bond donors (Lipinski definition) is 0. The van der Waals surface area contributed by atoms with E-state index in [0.29, 0.717) is 29.0 Å². The van der Waals surface area contributed by atoms with E-state index in [9.17, 15) is 9.59 Å². The highest BCUT2D eigenvalue weighted by molar-refractivity contribution is 5.92. The van der Waals surface area contributed by atoms with Crippen LogP contribution in [0.2, 0.25) is 0 Å². The quantitative estimate of drug-likeness (QED) is 0.460. The van der Waals surface area contributed by atoms with Gasteiger partial charge in [-0.15, -0.1) is 0 Å². The Bertz CT molecular complexity index is 742. The predicted octanol–water partition coefficient (Wildman–Crippen LogP) is 3.73. The number of carbonyl (C=O) groups excluding carboxylic acids is 2. The lowest BCUT2D eigenvalue weighted by molar-refractivity contribution is 0.0499. The molecule has 0 heterocycles. The molecule has 0 aliphatic carbocycles. The van der Waals surface area contributed by atoms with E-state index in [0.717, 1.165) is 12.8 Å². The third-order valence-electron chi connectivity index (χ3n) is 3.28. The molecule has 0 N–H and O–H groups in total. The van der Waals surface area contributed by atoms with Crippen molar-refractivity contribution in [3.8, 4) is 11.8 Å². The van der Waals surface area contributed by atoms with Gasteiger partial charge in [-0.05, 0) is 55.0 Å². The summed E-state index contributed by atoms with van der Waals surface area (Å²) >= 11 is 0. The van der Waals surface area contributed by atoms with Gasteiger partial charge in [0.25, 0.3) is 0 Å². The summed E-state index contributed by atoms with van der Waals surface area (Å²) in [5.74, 6) is -0.597. The average molecular weight is 323 g/mol. The van der Waals surface area contributed by atoms with E-state index in [4.69, 9.17) is 14.7 Å². The number of rotatable bonds is 6. The number of nitriles is 1. The van der Waals surface area contributed by atoms with Crippen molar-refractivity contribution in [3.05, 3.63) is 65.2 Å². The maximum atomic E-state index is 12.0. The summed E-state index contributed by atoms with van der Waals surface area (Å²) in [4.78, 5) is 23.8. The fourth-order valence-electron chi connectivity index (χ4n) is 1.90. The van der Waals surface area contributed by atoms with Gasteiger partial charge in [0, 0.05) is 0 Å². The summed E-state index contributed by atoms with van der Waals surface area (Å²) in [5.41, 5.74) is 1.22. The highest BCUT2D eigenvalue weighted by Gasteiger charge is 2.10. The molecule has 2 aromatic carbocycles. The first-order chi connectivity index (χ1) is 11.6. The topological polar surface area (TPSA) is 76.4 Å². The van der Waals surface area contributed by atoms with Crippen LogP contribution in [0.3, 0.4) is 0 Å². The SMILES string of the molecule is CCCCOC(=O)c1ccc(OC(=O)c2ccc(C#N)cc2)cc1. The second kappa shape index (κ2) is 8.49. The molecule has 0 bridgehead atoms. The van der Waals surface area contributed by atoms with E-state index < -0.39 is 11.9 Å². The van der Waals surface area contributed by atoms with Crippen LogP contribution in [0.25, 0.3) is 0 Å². The van der Waals surface area contributed by atoms with Crippen molar-refractivity contribution < 1.29 is 19.1 Å². The van der Waals surface area contributed by atoms with E-state index in [1.807, 2.05) is 13.0 Å². The number of benzene rings is 2. The molecule has 0 radical (unpaired) electrons. The molecule has 0 aliphatic rings. The number of hydrogen-bond acceptors (Lipinski definition) is 5. The van der Waals surface area contributed by atoms with Gasteiger partial charge in [0.2, 0.25) is 0 Å². The standard InChI is InChI=1S/C19H17NO4/c1-2-3-12-23-18(21)15-8-10-17(11-9-15)24-19(22)16-6-4-14(13-20)5-7-16/h4-11H,2-3,12H2,1H3. The highest BCUT2D eigenvalue weighted by atomic mass is 16.5. The van der Waals surface area contributed by atoms with Crippen molar-refractivity contribution in [1.82, 2.24) is 0 Å². The zero-order valence-corrected chi connectivity index (χ0v) is 13.3. The first kappa shape index (κ1) is 17.2. The maximum Gasteiger partial charge on any atom is 0.343 e. The number of esters is 2. The maximum absolute atomic E-state index is 12.0. The monoisotopic (exact) mass is 323 g/mol. The molecule has 0 atom stereocenters. The Balaban J connectivity index is 1.96.